The number of halogens is 1. The Morgan fingerprint density at radius 2 is 2.40 bits per heavy atom. The molecule has 1 heterocycles. The summed E-state index contributed by atoms with van der Waals surface area (Å²) in [6.07, 6.45) is 1.86. The van der Waals surface area contributed by atoms with Crippen LogP contribution in [0.4, 0.5) is 4.39 Å². The van der Waals surface area contributed by atoms with E-state index in [9.17, 15) is 4.39 Å². The third kappa shape index (κ3) is 3.39. The van der Waals surface area contributed by atoms with Gasteiger partial charge in [-0.3, -0.25) is 4.90 Å². The lowest BCUT2D eigenvalue weighted by molar-refractivity contribution is 0.190. The number of hydrogen-bond donors (Lipinski definition) is 2. The number of oxime groups is 1. The van der Waals surface area contributed by atoms with E-state index in [2.05, 4.69) is 10.1 Å². The highest BCUT2D eigenvalue weighted by atomic mass is 19.1. The van der Waals surface area contributed by atoms with Gasteiger partial charge in [-0.1, -0.05) is 11.2 Å². The number of hydrogen-bond acceptors (Lipinski definition) is 4. The Morgan fingerprint density at radius 3 is 3.05 bits per heavy atom. The average Bonchev–Trinajstić information content (AvgIpc) is 2.48. The number of nitrogens with two attached hydrogens (primary N) is 1. The van der Waals surface area contributed by atoms with Crippen LogP contribution in [-0.4, -0.2) is 36.1 Å². The first-order valence-electron chi connectivity index (χ1n) is 6.66. The molecule has 110 valence electrons. The second-order valence-electron chi connectivity index (χ2n) is 5.06. The molecule has 1 aliphatic heterocycles. The summed E-state index contributed by atoms with van der Waals surface area (Å²) in [6, 6.07) is 4.88. The maximum atomic E-state index is 13.9. The summed E-state index contributed by atoms with van der Waals surface area (Å²) >= 11 is 0. The lowest BCUT2D eigenvalue weighted by Crippen LogP contribution is -2.40. The first-order valence-corrected chi connectivity index (χ1v) is 6.66. The molecule has 2 rings (SSSR count). The zero-order chi connectivity index (χ0) is 14.5. The van der Waals surface area contributed by atoms with Crippen molar-refractivity contribution in [1.82, 2.24) is 4.90 Å². The normalized spacial score (nSPS) is 20.9. The van der Waals surface area contributed by atoms with Crippen molar-refractivity contribution in [3.63, 3.8) is 0 Å². The lowest BCUT2D eigenvalue weighted by atomic mass is 9.96. The predicted molar refractivity (Wildman–Crippen MR) is 74.4 cm³/mol. The maximum Gasteiger partial charge on any atom is 0.143 e. The van der Waals surface area contributed by atoms with Crippen LogP contribution in [0.3, 0.4) is 0 Å². The van der Waals surface area contributed by atoms with Crippen molar-refractivity contribution in [1.29, 1.82) is 0 Å². The summed E-state index contributed by atoms with van der Waals surface area (Å²) in [5.74, 6) is 0.537. The fourth-order valence-corrected chi connectivity index (χ4v) is 2.55. The summed E-state index contributed by atoms with van der Waals surface area (Å²) in [6.45, 7) is 2.09. The van der Waals surface area contributed by atoms with Crippen LogP contribution in [0.25, 0.3) is 0 Å². The minimum atomic E-state index is -0.268. The molecule has 3 N–H and O–H groups in total. The van der Waals surface area contributed by atoms with Gasteiger partial charge in [-0.25, -0.2) is 4.39 Å². The predicted octanol–water partition coefficient (Wildman–Crippen LogP) is 1.79. The van der Waals surface area contributed by atoms with Gasteiger partial charge in [-0.05, 0) is 25.5 Å². The molecule has 1 aliphatic rings. The van der Waals surface area contributed by atoms with Crippen molar-refractivity contribution in [2.24, 2.45) is 16.8 Å². The Labute approximate surface area is 117 Å². The van der Waals surface area contributed by atoms with E-state index in [4.69, 9.17) is 15.7 Å². The number of benzene rings is 1. The zero-order valence-corrected chi connectivity index (χ0v) is 11.6. The molecule has 0 amide bonds. The maximum absolute atomic E-state index is 13.9. The second-order valence-corrected chi connectivity index (χ2v) is 5.06. The van der Waals surface area contributed by atoms with Crippen LogP contribution in [0.2, 0.25) is 0 Å². The van der Waals surface area contributed by atoms with Gasteiger partial charge in [-0.2, -0.15) is 0 Å². The summed E-state index contributed by atoms with van der Waals surface area (Å²) in [4.78, 5) is 2.12. The summed E-state index contributed by atoms with van der Waals surface area (Å²) in [5.41, 5.74) is 6.28. The third-order valence-corrected chi connectivity index (χ3v) is 3.69. The molecule has 0 saturated carbocycles. The monoisotopic (exact) mass is 281 g/mol. The molecular formula is C14H20FN3O2. The first kappa shape index (κ1) is 14.6. The largest absolute Gasteiger partial charge is 0.497 e. The van der Waals surface area contributed by atoms with Crippen LogP contribution in [-0.2, 0) is 6.54 Å². The van der Waals surface area contributed by atoms with Crippen LogP contribution in [0.5, 0.6) is 5.75 Å². The van der Waals surface area contributed by atoms with Gasteiger partial charge in [0.1, 0.15) is 17.4 Å². The Hall–Kier alpha value is -1.82. The van der Waals surface area contributed by atoms with E-state index < -0.39 is 0 Å². The van der Waals surface area contributed by atoms with E-state index in [0.29, 0.717) is 24.4 Å². The highest BCUT2D eigenvalue weighted by molar-refractivity contribution is 5.82. The minimum absolute atomic E-state index is 0.0371. The number of amidine groups is 1. The summed E-state index contributed by atoms with van der Waals surface area (Å²) < 4.78 is 18.9. The Morgan fingerprint density at radius 1 is 1.60 bits per heavy atom. The fraction of sp³-hybridized carbons (Fsp3) is 0.500. The smallest absolute Gasteiger partial charge is 0.143 e. The highest BCUT2D eigenvalue weighted by Gasteiger charge is 2.23. The number of ether oxygens (including phenoxy) is 1. The standard InChI is InChI=1S/C14H20FN3O2/c1-20-12-5-4-10(13(15)7-12)8-18-6-2-3-11(9-18)14(16)17-19/h4-5,7,11,19H,2-3,6,8-9H2,1H3,(H2,16,17). The number of methoxy groups -OCH3 is 1. The molecule has 0 aliphatic carbocycles. The number of likely N-dealkylation sites (tertiary alicyclic amines) is 1. The molecule has 0 bridgehead atoms. The molecule has 1 saturated heterocycles. The first-order chi connectivity index (χ1) is 9.63. The number of rotatable bonds is 4. The lowest BCUT2D eigenvalue weighted by Gasteiger charge is -2.32. The topological polar surface area (TPSA) is 71.1 Å². The van der Waals surface area contributed by atoms with Crippen LogP contribution in [0.15, 0.2) is 23.4 Å². The van der Waals surface area contributed by atoms with Gasteiger partial charge < -0.3 is 15.7 Å². The van der Waals surface area contributed by atoms with Gasteiger partial charge in [0.05, 0.1) is 7.11 Å². The molecule has 1 aromatic carbocycles. The van der Waals surface area contributed by atoms with Crippen LogP contribution in [0, 0.1) is 11.7 Å². The van der Waals surface area contributed by atoms with Gasteiger partial charge in [0, 0.05) is 30.6 Å². The highest BCUT2D eigenvalue weighted by Crippen LogP contribution is 2.22. The molecule has 1 unspecified atom stereocenters. The number of nitrogens with zero attached hydrogens (tertiary/aromatic N) is 2. The van der Waals surface area contributed by atoms with Crippen molar-refractivity contribution in [2.45, 2.75) is 19.4 Å². The van der Waals surface area contributed by atoms with E-state index in [-0.39, 0.29) is 17.6 Å². The SMILES string of the molecule is COc1ccc(CN2CCCC(/C(N)=N/O)C2)c(F)c1. The zero-order valence-electron chi connectivity index (χ0n) is 11.6. The van der Waals surface area contributed by atoms with Crippen LogP contribution in [0.1, 0.15) is 18.4 Å². The Bertz CT molecular complexity index is 493. The third-order valence-electron chi connectivity index (χ3n) is 3.69. The van der Waals surface area contributed by atoms with E-state index in [1.807, 2.05) is 0 Å². The van der Waals surface area contributed by atoms with E-state index in [1.54, 1.807) is 12.1 Å². The van der Waals surface area contributed by atoms with E-state index >= 15 is 0 Å². The molecular weight excluding hydrogens is 261 g/mol. The fourth-order valence-electron chi connectivity index (χ4n) is 2.55. The van der Waals surface area contributed by atoms with Crippen molar-refractivity contribution < 1.29 is 14.3 Å². The van der Waals surface area contributed by atoms with Gasteiger partial charge in [0.15, 0.2) is 0 Å². The quantitative estimate of drug-likeness (QED) is 0.382. The van der Waals surface area contributed by atoms with Crippen molar-refractivity contribution in [2.75, 3.05) is 20.2 Å². The van der Waals surface area contributed by atoms with Crippen molar-refractivity contribution >= 4 is 5.84 Å². The summed E-state index contributed by atoms with van der Waals surface area (Å²) in [5, 5.41) is 11.8. The molecule has 6 heteroatoms. The van der Waals surface area contributed by atoms with E-state index in [0.717, 1.165) is 19.4 Å². The average molecular weight is 281 g/mol. The van der Waals surface area contributed by atoms with Gasteiger partial charge in [-0.15, -0.1) is 0 Å². The Kier molecular flexibility index (Phi) is 4.79. The minimum Gasteiger partial charge on any atom is -0.497 e. The molecule has 0 radical (unpaired) electrons. The molecule has 20 heavy (non-hydrogen) atoms. The van der Waals surface area contributed by atoms with Gasteiger partial charge >= 0.3 is 0 Å². The molecule has 1 fully saturated rings. The molecule has 0 spiro atoms. The summed E-state index contributed by atoms with van der Waals surface area (Å²) in [7, 11) is 1.51. The van der Waals surface area contributed by atoms with Gasteiger partial charge in [0.2, 0.25) is 0 Å². The van der Waals surface area contributed by atoms with Crippen LogP contribution >= 0.6 is 0 Å². The molecule has 0 aromatic heterocycles. The van der Waals surface area contributed by atoms with Crippen molar-refractivity contribution in [3.05, 3.63) is 29.6 Å². The molecule has 5 nitrogen and oxygen atoms in total. The Balaban J connectivity index is 2.02. The number of piperidine rings is 1. The molecule has 1 aromatic rings. The van der Waals surface area contributed by atoms with E-state index in [1.165, 1.54) is 13.2 Å². The second kappa shape index (κ2) is 6.56. The van der Waals surface area contributed by atoms with Gasteiger partial charge in [0.25, 0.3) is 0 Å². The van der Waals surface area contributed by atoms with Crippen LogP contribution < -0.4 is 10.5 Å². The molecule has 1 atom stereocenters. The van der Waals surface area contributed by atoms with Crippen molar-refractivity contribution in [3.8, 4) is 5.75 Å².